The number of Topliss-reactive ketones (excluding diaryl/α,β-unsaturated/α-hetero) is 1. The highest BCUT2D eigenvalue weighted by molar-refractivity contribution is 6.29. The zero-order valence-electron chi connectivity index (χ0n) is 39.4. The molecule has 0 spiro atoms. The number of aliphatic carboxylic acids is 1. The first-order valence-electron chi connectivity index (χ1n) is 23.4. The minimum Gasteiger partial charge on any atom is -0.481 e. The van der Waals surface area contributed by atoms with Gasteiger partial charge in [-0.15, -0.1) is 20.4 Å². The average Bonchev–Trinajstić information content (AvgIpc) is 4.22. The lowest BCUT2D eigenvalue weighted by Crippen LogP contribution is -2.30. The topological polar surface area (TPSA) is 189 Å². The predicted octanol–water partition coefficient (Wildman–Crippen LogP) is 12.8. The fourth-order valence-electron chi connectivity index (χ4n) is 8.78. The monoisotopic (exact) mass is 947 g/mol. The first-order chi connectivity index (χ1) is 32.4. The van der Waals surface area contributed by atoms with Crippen molar-refractivity contribution in [3.05, 3.63) is 155 Å². The van der Waals surface area contributed by atoms with E-state index in [9.17, 15) is 9.59 Å². The van der Waals surface area contributed by atoms with Gasteiger partial charge >= 0.3 is 5.97 Å². The summed E-state index contributed by atoms with van der Waals surface area (Å²) in [4.78, 5) is 24.4. The first kappa shape index (κ1) is 53.8. The molecule has 14 heteroatoms. The molecule has 0 saturated heterocycles. The van der Waals surface area contributed by atoms with Crippen LogP contribution in [0.2, 0.25) is 0 Å². The second-order valence-corrected chi connectivity index (χ2v) is 17.7. The molecule has 2 aromatic heterocycles. The Labute approximate surface area is 406 Å². The quantitative estimate of drug-likeness (QED) is 0.0726. The van der Waals surface area contributed by atoms with Crippen LogP contribution >= 0.6 is 23.2 Å². The van der Waals surface area contributed by atoms with E-state index in [0.29, 0.717) is 53.8 Å². The van der Waals surface area contributed by atoms with E-state index < -0.39 is 16.8 Å². The van der Waals surface area contributed by atoms with Crippen molar-refractivity contribution >= 4 is 35.0 Å². The van der Waals surface area contributed by atoms with E-state index in [4.69, 9.17) is 34.0 Å². The maximum Gasteiger partial charge on any atom is 0.309 e. The van der Waals surface area contributed by atoms with Gasteiger partial charge in [-0.1, -0.05) is 209 Å². The Kier molecular flexibility index (Phi) is 22.3. The number of rotatable bonds is 16. The maximum absolute atomic E-state index is 13.5. The molecule has 2 fully saturated rings. The number of carboxylic acids is 1. The number of nitrogens with one attached hydrogen (secondary N) is 2. The molecule has 4 aromatic carbocycles. The highest BCUT2D eigenvalue weighted by Crippen LogP contribution is 2.46. The van der Waals surface area contributed by atoms with Crippen LogP contribution in [0.1, 0.15) is 133 Å². The smallest absolute Gasteiger partial charge is 0.309 e. The summed E-state index contributed by atoms with van der Waals surface area (Å²) >= 11 is 11.8. The normalized spacial score (nSPS) is 15.0. The van der Waals surface area contributed by atoms with Gasteiger partial charge in [-0.25, -0.2) is 0 Å². The Bertz CT molecular complexity index is 2350. The molecule has 2 aliphatic carbocycles. The molecule has 67 heavy (non-hydrogen) atoms. The fraction of sp³-hybridized carbons (Fsp3) is 0.396. The van der Waals surface area contributed by atoms with Gasteiger partial charge in [0.2, 0.25) is 0 Å². The molecule has 2 saturated carbocycles. The van der Waals surface area contributed by atoms with Crippen molar-refractivity contribution in [1.82, 2.24) is 41.2 Å². The van der Waals surface area contributed by atoms with Crippen LogP contribution in [0.25, 0.3) is 22.3 Å². The van der Waals surface area contributed by atoms with Crippen LogP contribution in [0.3, 0.4) is 0 Å². The summed E-state index contributed by atoms with van der Waals surface area (Å²) in [6.07, 6.45) is 10.1. The SMILES string of the molecule is C=C(Cl)CC1(C(=O)C[C@@H](Cc2ccc(-c3ccccc3)cc2)c2nn[nH]n2)CCCC1.C=C(Cl)CC1(C(=O)O)CCCC1.CC.CC.N[C@@H](Cc1ccc(-c2ccccc2)cc1)c1nn[nH]n1. The number of ketones is 1. The molecule has 0 amide bonds. The van der Waals surface area contributed by atoms with E-state index in [0.717, 1.165) is 62.5 Å². The Morgan fingerprint density at radius 2 is 1.00 bits per heavy atom. The summed E-state index contributed by atoms with van der Waals surface area (Å²) in [5.41, 5.74) is 12.1. The van der Waals surface area contributed by atoms with Gasteiger partial charge in [-0.3, -0.25) is 9.59 Å². The van der Waals surface area contributed by atoms with Crippen LogP contribution in [-0.2, 0) is 22.4 Å². The number of hydrogen-bond acceptors (Lipinski definition) is 9. The van der Waals surface area contributed by atoms with Gasteiger partial charge in [-0.05, 0) is 84.7 Å². The minimum atomic E-state index is -0.721. The lowest BCUT2D eigenvalue weighted by atomic mass is 9.74. The average molecular weight is 949 g/mol. The predicted molar refractivity (Wildman–Crippen MR) is 270 cm³/mol. The summed E-state index contributed by atoms with van der Waals surface area (Å²) in [7, 11) is 0. The van der Waals surface area contributed by atoms with E-state index in [1.54, 1.807) is 0 Å². The van der Waals surface area contributed by atoms with Gasteiger partial charge in [0.05, 0.1) is 11.5 Å². The summed E-state index contributed by atoms with van der Waals surface area (Å²) in [6.45, 7) is 15.4. The van der Waals surface area contributed by atoms with Gasteiger partial charge in [0.25, 0.3) is 0 Å². The van der Waals surface area contributed by atoms with Crippen molar-refractivity contribution in [3.8, 4) is 22.3 Å². The highest BCUT2D eigenvalue weighted by atomic mass is 35.5. The molecule has 0 bridgehead atoms. The molecular formula is C53H67Cl2N9O3. The van der Waals surface area contributed by atoms with E-state index in [-0.39, 0.29) is 17.7 Å². The second kappa shape index (κ2) is 27.7. The van der Waals surface area contributed by atoms with E-state index >= 15 is 0 Å². The van der Waals surface area contributed by atoms with Crippen LogP contribution in [0.5, 0.6) is 0 Å². The van der Waals surface area contributed by atoms with Crippen molar-refractivity contribution < 1.29 is 14.7 Å². The number of hydrogen-bond donors (Lipinski definition) is 4. The van der Waals surface area contributed by atoms with E-state index in [2.05, 4.69) is 127 Å². The number of benzene rings is 4. The standard InChI is InChI=1S/C25H27ClN4O.C15H15N5.C9H13ClO2.2C2H6/c1-18(26)17-25(13-5-6-14-25)23(31)16-22(24-27-29-30-28-24)15-19-9-11-21(12-10-19)20-7-3-2-4-8-20;16-14(15-17-19-20-18-15)10-11-6-8-13(9-7-11)12-4-2-1-3-5-12;1-7(10)6-9(8(11)12)4-2-3-5-9;2*1-2/h2-4,7-12,22H,1,5-6,13-17H2,(H,27,28,29,30);1-9,14H,10,16H2,(H,17,18,19,20);1-6H2,(H,11,12);2*1-2H3/t22-;14-;;;/m10.../s1. The van der Waals surface area contributed by atoms with Crippen LogP contribution in [0.4, 0.5) is 0 Å². The number of carboxylic acid groups (broad SMARTS) is 1. The van der Waals surface area contributed by atoms with Crippen molar-refractivity contribution in [3.63, 3.8) is 0 Å². The van der Waals surface area contributed by atoms with Crippen LogP contribution in [0, 0.1) is 10.8 Å². The molecule has 356 valence electrons. The maximum atomic E-state index is 13.5. The number of allylic oxidation sites excluding steroid dienone is 2. The van der Waals surface area contributed by atoms with Crippen molar-refractivity contribution in [2.45, 2.75) is 123 Å². The molecule has 12 nitrogen and oxygen atoms in total. The minimum absolute atomic E-state index is 0.130. The number of nitrogens with two attached hydrogens (primary N) is 1. The number of tetrazole rings is 2. The lowest BCUT2D eigenvalue weighted by Gasteiger charge is -2.28. The molecule has 5 N–H and O–H groups in total. The second-order valence-electron chi connectivity index (χ2n) is 16.7. The van der Waals surface area contributed by atoms with Crippen LogP contribution in [-0.4, -0.2) is 58.1 Å². The summed E-state index contributed by atoms with van der Waals surface area (Å²) in [5.74, 6) is 0.509. The Hall–Kier alpha value is -5.82. The van der Waals surface area contributed by atoms with E-state index in [1.165, 1.54) is 22.3 Å². The molecule has 2 heterocycles. The van der Waals surface area contributed by atoms with Crippen molar-refractivity contribution in [2.75, 3.05) is 0 Å². The van der Waals surface area contributed by atoms with Gasteiger partial charge in [0.15, 0.2) is 11.6 Å². The molecule has 6 aromatic rings. The molecule has 2 atom stereocenters. The number of carbonyl (C=O) groups is 2. The van der Waals surface area contributed by atoms with Gasteiger partial charge in [-0.2, -0.15) is 10.4 Å². The van der Waals surface area contributed by atoms with E-state index in [1.807, 2.05) is 64.1 Å². The molecular weight excluding hydrogens is 882 g/mol. The zero-order valence-corrected chi connectivity index (χ0v) is 40.9. The summed E-state index contributed by atoms with van der Waals surface area (Å²) in [6, 6.07) is 37.2. The number of aromatic nitrogens is 8. The Balaban J connectivity index is 0.000000233. The number of carbonyl (C=O) groups excluding carboxylic acids is 1. The van der Waals surface area contributed by atoms with Gasteiger partial charge in [0, 0.05) is 27.8 Å². The molecule has 8 rings (SSSR count). The number of aromatic amines is 2. The van der Waals surface area contributed by atoms with Crippen LogP contribution < -0.4 is 5.73 Å². The third-order valence-corrected chi connectivity index (χ3v) is 12.4. The Morgan fingerprint density at radius 3 is 1.40 bits per heavy atom. The Morgan fingerprint density at radius 1 is 0.612 bits per heavy atom. The molecule has 2 aliphatic rings. The zero-order chi connectivity index (χ0) is 48.7. The highest BCUT2D eigenvalue weighted by Gasteiger charge is 2.42. The van der Waals surface area contributed by atoms with Crippen molar-refractivity contribution in [2.24, 2.45) is 16.6 Å². The first-order valence-corrected chi connectivity index (χ1v) is 24.2. The number of nitrogens with zero attached hydrogens (tertiary/aromatic N) is 6. The molecule has 0 radical (unpaired) electrons. The van der Waals surface area contributed by atoms with Gasteiger partial charge < -0.3 is 10.8 Å². The largest absolute Gasteiger partial charge is 0.481 e. The van der Waals surface area contributed by atoms with Crippen LogP contribution in [0.15, 0.2) is 132 Å². The fourth-order valence-corrected chi connectivity index (χ4v) is 9.29. The molecule has 0 unspecified atom stereocenters. The number of halogens is 2. The van der Waals surface area contributed by atoms with Gasteiger partial charge in [0.1, 0.15) is 5.78 Å². The number of H-pyrrole nitrogens is 2. The van der Waals surface area contributed by atoms with Crippen molar-refractivity contribution in [1.29, 1.82) is 0 Å². The lowest BCUT2D eigenvalue weighted by molar-refractivity contribution is -0.148. The third-order valence-electron chi connectivity index (χ3n) is 12.1. The third kappa shape index (κ3) is 16.2. The summed E-state index contributed by atoms with van der Waals surface area (Å²) < 4.78 is 0. The molecule has 0 aliphatic heterocycles. The summed E-state index contributed by atoms with van der Waals surface area (Å²) in [5, 5.41) is 38.4.